The molecular weight excluding hydrogens is 431 g/mol. The summed E-state index contributed by atoms with van der Waals surface area (Å²) < 4.78 is 22.0. The number of imidazole rings is 1. The molecule has 34 heavy (non-hydrogen) atoms. The number of aliphatic hydroxyl groups excluding tert-OH is 1. The number of nitrogen functional groups attached to an aromatic ring is 1. The van der Waals surface area contributed by atoms with Gasteiger partial charge in [0, 0.05) is 19.0 Å². The summed E-state index contributed by atoms with van der Waals surface area (Å²) in [6, 6.07) is 14.1. The number of nitrogens with zero attached hydrogens (tertiary/aromatic N) is 3. The largest absolute Gasteiger partial charge is 0.390 e. The van der Waals surface area contributed by atoms with Crippen LogP contribution in [-0.4, -0.2) is 51.9 Å². The molecule has 2 aromatic carbocycles. The predicted molar refractivity (Wildman–Crippen MR) is 131 cm³/mol. The van der Waals surface area contributed by atoms with Gasteiger partial charge in [-0.15, -0.1) is 0 Å². The number of benzene rings is 2. The van der Waals surface area contributed by atoms with Crippen molar-refractivity contribution in [3.63, 3.8) is 0 Å². The van der Waals surface area contributed by atoms with Gasteiger partial charge < -0.3 is 25.0 Å². The van der Waals surface area contributed by atoms with Crippen LogP contribution in [-0.2, 0) is 11.3 Å². The molecule has 3 aliphatic rings. The van der Waals surface area contributed by atoms with Gasteiger partial charge in [-0.1, -0.05) is 42.5 Å². The van der Waals surface area contributed by atoms with E-state index in [0.29, 0.717) is 19.1 Å². The maximum atomic E-state index is 14.0. The Balaban J connectivity index is 1.44. The number of hydrogen-bond acceptors (Lipinski definition) is 5. The number of likely N-dealkylation sites (tertiary alicyclic amines) is 1. The first kappa shape index (κ1) is 21.3. The Morgan fingerprint density at radius 2 is 2.06 bits per heavy atom. The standard InChI is InChI=1S/C27H27FN4O2/c1-31-13-24(25(33)14-31)32-23-9-6-16(11-22(23)30-27(32)29)10-21-19-5-3-2-4-17(19)15-34-26-12-18(28)7-8-20(21)26/h2-12,20,24-26,33H,13-15H2,1H3,(H2,29,30)/b21-10+/t20?,24-,25-,26?/m0/s1. The van der Waals surface area contributed by atoms with Crippen LogP contribution in [0.25, 0.3) is 22.7 Å². The molecule has 0 amide bonds. The average molecular weight is 459 g/mol. The normalized spacial score (nSPS) is 28.1. The molecule has 3 heterocycles. The molecule has 2 unspecified atom stereocenters. The van der Waals surface area contributed by atoms with Crippen LogP contribution >= 0.6 is 0 Å². The van der Waals surface area contributed by atoms with E-state index in [2.05, 4.69) is 28.1 Å². The molecule has 1 aliphatic carbocycles. The van der Waals surface area contributed by atoms with Crippen LogP contribution in [0, 0.1) is 5.92 Å². The zero-order valence-electron chi connectivity index (χ0n) is 18.9. The minimum Gasteiger partial charge on any atom is -0.390 e. The van der Waals surface area contributed by atoms with E-state index in [-0.39, 0.29) is 23.9 Å². The molecule has 1 fully saturated rings. The zero-order chi connectivity index (χ0) is 23.4. The summed E-state index contributed by atoms with van der Waals surface area (Å²) >= 11 is 0. The number of nitrogens with two attached hydrogens (primary N) is 1. The molecule has 1 aromatic heterocycles. The van der Waals surface area contributed by atoms with Crippen LogP contribution < -0.4 is 5.73 Å². The molecule has 174 valence electrons. The molecule has 7 heteroatoms. The molecule has 6 rings (SSSR count). The maximum Gasteiger partial charge on any atom is 0.201 e. The second-order valence-corrected chi connectivity index (χ2v) is 9.41. The third kappa shape index (κ3) is 3.57. The number of ether oxygens (including phenoxy) is 1. The van der Waals surface area contributed by atoms with Crippen molar-refractivity contribution >= 4 is 28.6 Å². The van der Waals surface area contributed by atoms with E-state index in [1.54, 1.807) is 6.08 Å². The first-order chi connectivity index (χ1) is 16.5. The summed E-state index contributed by atoms with van der Waals surface area (Å²) in [4.78, 5) is 6.70. The fourth-order valence-electron chi connectivity index (χ4n) is 5.48. The summed E-state index contributed by atoms with van der Waals surface area (Å²) in [5.41, 5.74) is 12.2. The number of likely N-dealkylation sites (N-methyl/N-ethyl adjacent to an activating group) is 1. The van der Waals surface area contributed by atoms with E-state index in [0.717, 1.165) is 39.8 Å². The predicted octanol–water partition coefficient (Wildman–Crippen LogP) is 3.94. The monoisotopic (exact) mass is 458 g/mol. The number of aromatic nitrogens is 2. The lowest BCUT2D eigenvalue weighted by Crippen LogP contribution is -2.23. The van der Waals surface area contributed by atoms with Crippen molar-refractivity contribution in [1.82, 2.24) is 14.5 Å². The van der Waals surface area contributed by atoms with E-state index in [1.165, 1.54) is 6.08 Å². The molecule has 0 bridgehead atoms. The third-order valence-corrected chi connectivity index (χ3v) is 7.10. The summed E-state index contributed by atoms with van der Waals surface area (Å²) in [6.45, 7) is 1.77. The van der Waals surface area contributed by atoms with E-state index < -0.39 is 6.10 Å². The lowest BCUT2D eigenvalue weighted by atomic mass is 9.83. The van der Waals surface area contributed by atoms with Crippen molar-refractivity contribution in [3.05, 3.63) is 83.2 Å². The molecule has 0 spiro atoms. The van der Waals surface area contributed by atoms with Crippen molar-refractivity contribution in [2.45, 2.75) is 24.9 Å². The quantitative estimate of drug-likeness (QED) is 0.608. The van der Waals surface area contributed by atoms with Crippen molar-refractivity contribution in [2.24, 2.45) is 5.92 Å². The van der Waals surface area contributed by atoms with Gasteiger partial charge in [-0.05, 0) is 53.6 Å². The first-order valence-corrected chi connectivity index (χ1v) is 11.6. The SMILES string of the molecule is CN1C[C@H](O)[C@@H](n2c(N)nc3cc(/C=C4\c5ccccc5COC5C=C(F)C=CC45)ccc32)C1. The van der Waals surface area contributed by atoms with Gasteiger partial charge in [0.1, 0.15) is 5.83 Å². The lowest BCUT2D eigenvalue weighted by molar-refractivity contribution is 0.0600. The number of allylic oxidation sites excluding steroid dienone is 2. The highest BCUT2D eigenvalue weighted by Gasteiger charge is 2.33. The summed E-state index contributed by atoms with van der Waals surface area (Å²) in [7, 11) is 1.99. The number of β-amino-alcohol motifs (C(OH)–C–C–N with tert-alkyl or cyclic N) is 1. The number of rotatable bonds is 2. The molecule has 4 atom stereocenters. The summed E-state index contributed by atoms with van der Waals surface area (Å²) in [5, 5.41) is 10.5. The topological polar surface area (TPSA) is 76.5 Å². The average Bonchev–Trinajstić information content (AvgIpc) is 3.27. The molecule has 2 aliphatic heterocycles. The number of hydrogen-bond donors (Lipinski definition) is 2. The Bertz CT molecular complexity index is 1360. The van der Waals surface area contributed by atoms with Crippen molar-refractivity contribution in [3.8, 4) is 0 Å². The Hall–Kier alpha value is -3.26. The smallest absolute Gasteiger partial charge is 0.201 e. The zero-order valence-corrected chi connectivity index (χ0v) is 18.9. The van der Waals surface area contributed by atoms with Crippen molar-refractivity contribution in [2.75, 3.05) is 25.9 Å². The molecule has 0 saturated carbocycles. The van der Waals surface area contributed by atoms with Gasteiger partial charge >= 0.3 is 0 Å². The van der Waals surface area contributed by atoms with Crippen LogP contribution in [0.5, 0.6) is 0 Å². The number of fused-ring (bicyclic) bond motifs is 3. The van der Waals surface area contributed by atoms with Crippen LogP contribution in [0.3, 0.4) is 0 Å². The molecular formula is C27H27FN4O2. The Morgan fingerprint density at radius 1 is 1.21 bits per heavy atom. The Labute approximate surface area is 197 Å². The molecule has 3 N–H and O–H groups in total. The van der Waals surface area contributed by atoms with E-state index >= 15 is 0 Å². The van der Waals surface area contributed by atoms with Gasteiger partial charge in [0.2, 0.25) is 5.95 Å². The highest BCUT2D eigenvalue weighted by Crippen LogP contribution is 2.39. The van der Waals surface area contributed by atoms with E-state index in [1.807, 2.05) is 48.0 Å². The minimum atomic E-state index is -0.488. The van der Waals surface area contributed by atoms with Crippen molar-refractivity contribution in [1.29, 1.82) is 0 Å². The number of anilines is 1. The molecule has 6 nitrogen and oxygen atoms in total. The Kier molecular flexibility index (Phi) is 5.13. The van der Waals surface area contributed by atoms with Crippen LogP contribution in [0.2, 0.25) is 0 Å². The fourth-order valence-corrected chi connectivity index (χ4v) is 5.48. The maximum absolute atomic E-state index is 14.0. The van der Waals surface area contributed by atoms with Gasteiger partial charge in [0.25, 0.3) is 0 Å². The van der Waals surface area contributed by atoms with E-state index in [9.17, 15) is 9.50 Å². The van der Waals surface area contributed by atoms with Gasteiger partial charge in [-0.2, -0.15) is 0 Å². The lowest BCUT2D eigenvalue weighted by Gasteiger charge is -2.24. The van der Waals surface area contributed by atoms with E-state index in [4.69, 9.17) is 10.5 Å². The summed E-state index contributed by atoms with van der Waals surface area (Å²) in [5.74, 6) is 0.0441. The van der Waals surface area contributed by atoms with Crippen LogP contribution in [0.4, 0.5) is 10.3 Å². The Morgan fingerprint density at radius 3 is 2.88 bits per heavy atom. The van der Waals surface area contributed by atoms with Gasteiger partial charge in [0.15, 0.2) is 0 Å². The highest BCUT2D eigenvalue weighted by molar-refractivity contribution is 5.89. The second kappa shape index (κ2) is 8.20. The van der Waals surface area contributed by atoms with Gasteiger partial charge in [-0.3, -0.25) is 0 Å². The van der Waals surface area contributed by atoms with Gasteiger partial charge in [0.05, 0.1) is 35.9 Å². The van der Waals surface area contributed by atoms with Crippen LogP contribution in [0.1, 0.15) is 22.7 Å². The molecule has 3 aromatic rings. The van der Waals surface area contributed by atoms with Crippen LogP contribution in [0.15, 0.2) is 66.5 Å². The molecule has 1 saturated heterocycles. The fraction of sp³-hybridized carbons (Fsp3) is 0.296. The number of halogens is 1. The summed E-state index contributed by atoms with van der Waals surface area (Å²) in [6.07, 6.45) is 6.25. The van der Waals surface area contributed by atoms with Crippen molar-refractivity contribution < 1.29 is 14.2 Å². The molecule has 0 radical (unpaired) electrons. The first-order valence-electron chi connectivity index (χ1n) is 11.6. The highest BCUT2D eigenvalue weighted by atomic mass is 19.1. The second-order valence-electron chi connectivity index (χ2n) is 9.41. The third-order valence-electron chi connectivity index (χ3n) is 7.10. The number of aliphatic hydroxyl groups is 1. The minimum absolute atomic E-state index is 0.0920. The van der Waals surface area contributed by atoms with Gasteiger partial charge in [-0.25, -0.2) is 9.37 Å².